The van der Waals surface area contributed by atoms with Gasteiger partial charge in [-0.1, -0.05) is 0 Å². The van der Waals surface area contributed by atoms with Gasteiger partial charge in [0, 0.05) is 28.1 Å². The van der Waals surface area contributed by atoms with Gasteiger partial charge in [0.25, 0.3) is 5.69 Å². The summed E-state index contributed by atoms with van der Waals surface area (Å²) < 4.78 is -1.04. The predicted octanol–water partition coefficient (Wildman–Crippen LogP) is 3.41. The molecule has 1 heterocycles. The topological polar surface area (TPSA) is 93.3 Å². The van der Waals surface area contributed by atoms with Crippen LogP contribution in [0.15, 0.2) is 29.2 Å². The molecule has 0 spiro atoms. The minimum Gasteiger partial charge on any atom is -0.480 e. The van der Waals surface area contributed by atoms with Crippen LogP contribution in [-0.4, -0.2) is 25.7 Å². The quantitative estimate of drug-likeness (QED) is 0.528. The van der Waals surface area contributed by atoms with Crippen LogP contribution in [0, 0.1) is 17.0 Å². The Balaban J connectivity index is 2.63. The smallest absolute Gasteiger partial charge is 0.319 e. The highest BCUT2D eigenvalue weighted by molar-refractivity contribution is 8.01. The largest absolute Gasteiger partial charge is 0.480 e. The van der Waals surface area contributed by atoms with Gasteiger partial charge in [0.05, 0.1) is 10.4 Å². The molecule has 2 rings (SSSR count). The Hall–Kier alpha value is -2.15. The van der Waals surface area contributed by atoms with E-state index < -0.39 is 15.6 Å². The number of carboxylic acids is 1. The van der Waals surface area contributed by atoms with Crippen LogP contribution in [0.2, 0.25) is 0 Å². The molecule has 7 heteroatoms. The molecule has 0 bridgehead atoms. The van der Waals surface area contributed by atoms with Crippen LogP contribution in [0.25, 0.3) is 10.9 Å². The monoisotopic (exact) mass is 306 g/mol. The van der Waals surface area contributed by atoms with Crippen LogP contribution in [0.5, 0.6) is 0 Å². The molecule has 1 aromatic carbocycles. The maximum Gasteiger partial charge on any atom is 0.319 e. The predicted molar refractivity (Wildman–Crippen MR) is 80.7 cm³/mol. The number of fused-ring (bicyclic) bond motifs is 1. The lowest BCUT2D eigenvalue weighted by Crippen LogP contribution is -2.26. The second-order valence-corrected chi connectivity index (χ2v) is 6.80. The lowest BCUT2D eigenvalue weighted by Gasteiger charge is -2.19. The number of nitro benzene ring substituents is 1. The van der Waals surface area contributed by atoms with Gasteiger partial charge in [-0.15, -0.1) is 11.8 Å². The van der Waals surface area contributed by atoms with Crippen molar-refractivity contribution in [2.45, 2.75) is 30.4 Å². The van der Waals surface area contributed by atoms with E-state index >= 15 is 0 Å². The Kier molecular flexibility index (Phi) is 3.87. The molecule has 0 aliphatic rings. The summed E-state index contributed by atoms with van der Waals surface area (Å²) in [6.07, 6.45) is 0. The Labute approximate surface area is 125 Å². The highest BCUT2D eigenvalue weighted by atomic mass is 32.2. The summed E-state index contributed by atoms with van der Waals surface area (Å²) in [5.41, 5.74) is 1.31. The second-order valence-electron chi connectivity index (χ2n) is 5.14. The first kappa shape index (κ1) is 15.2. The summed E-state index contributed by atoms with van der Waals surface area (Å²) in [4.78, 5) is 26.7. The summed E-state index contributed by atoms with van der Waals surface area (Å²) in [5, 5.41) is 20.7. The van der Waals surface area contributed by atoms with Gasteiger partial charge in [-0.05, 0) is 32.9 Å². The van der Waals surface area contributed by atoms with Crippen LogP contribution >= 0.6 is 11.8 Å². The van der Waals surface area contributed by atoms with E-state index in [2.05, 4.69) is 4.98 Å². The van der Waals surface area contributed by atoms with E-state index in [4.69, 9.17) is 0 Å². The third-order valence-corrected chi connectivity index (χ3v) is 4.22. The average Bonchev–Trinajstić information content (AvgIpc) is 2.37. The van der Waals surface area contributed by atoms with E-state index in [1.807, 2.05) is 0 Å². The molecule has 0 saturated carbocycles. The van der Waals surface area contributed by atoms with Crippen LogP contribution in [0.1, 0.15) is 19.5 Å². The first-order chi connectivity index (χ1) is 9.70. The van der Waals surface area contributed by atoms with Gasteiger partial charge >= 0.3 is 5.97 Å². The van der Waals surface area contributed by atoms with Crippen LogP contribution in [-0.2, 0) is 4.79 Å². The van der Waals surface area contributed by atoms with E-state index in [1.165, 1.54) is 12.1 Å². The van der Waals surface area contributed by atoms with Gasteiger partial charge in [-0.3, -0.25) is 19.9 Å². The molecule has 1 N–H and O–H groups in total. The van der Waals surface area contributed by atoms with E-state index in [0.717, 1.165) is 17.5 Å². The number of hydrogen-bond donors (Lipinski definition) is 1. The molecule has 0 amide bonds. The molecule has 0 radical (unpaired) electrons. The number of aliphatic carboxylic acids is 1. The number of aryl methyl sites for hydroxylation is 1. The number of thioether (sulfide) groups is 1. The number of non-ortho nitro benzene ring substituents is 1. The molecule has 0 saturated heterocycles. The van der Waals surface area contributed by atoms with Crippen LogP contribution in [0.4, 0.5) is 5.69 Å². The van der Waals surface area contributed by atoms with Crippen molar-refractivity contribution in [1.29, 1.82) is 0 Å². The first-order valence-electron chi connectivity index (χ1n) is 6.19. The summed E-state index contributed by atoms with van der Waals surface area (Å²) in [6, 6.07) is 6.16. The van der Waals surface area contributed by atoms with Crippen molar-refractivity contribution in [3.63, 3.8) is 0 Å². The lowest BCUT2D eigenvalue weighted by atomic mass is 10.2. The minimum absolute atomic E-state index is 0.0388. The van der Waals surface area contributed by atoms with E-state index in [0.29, 0.717) is 15.8 Å². The van der Waals surface area contributed by atoms with Crippen LogP contribution < -0.4 is 0 Å². The van der Waals surface area contributed by atoms with Crippen molar-refractivity contribution in [1.82, 2.24) is 4.98 Å². The summed E-state index contributed by atoms with van der Waals surface area (Å²) in [5.74, 6) is -0.944. The summed E-state index contributed by atoms with van der Waals surface area (Å²) in [7, 11) is 0. The Morgan fingerprint density at radius 3 is 2.62 bits per heavy atom. The molecule has 110 valence electrons. The number of carbonyl (C=O) groups is 1. The fraction of sp³-hybridized carbons (Fsp3) is 0.286. The third kappa shape index (κ3) is 3.13. The van der Waals surface area contributed by atoms with Crippen molar-refractivity contribution in [3.05, 3.63) is 40.1 Å². The fourth-order valence-corrected chi connectivity index (χ4v) is 2.97. The second kappa shape index (κ2) is 5.33. The fourth-order valence-electron chi connectivity index (χ4n) is 1.83. The van der Waals surface area contributed by atoms with Crippen molar-refractivity contribution in [2.75, 3.05) is 0 Å². The summed E-state index contributed by atoms with van der Waals surface area (Å²) >= 11 is 1.16. The first-order valence-corrected chi connectivity index (χ1v) is 7.00. The van der Waals surface area contributed by atoms with Crippen molar-refractivity contribution >= 4 is 34.3 Å². The van der Waals surface area contributed by atoms with E-state index in [9.17, 15) is 20.0 Å². The number of benzene rings is 1. The molecule has 0 aliphatic carbocycles. The molecular formula is C14H14N2O4S. The van der Waals surface area contributed by atoms with Gasteiger partial charge in [-0.2, -0.15) is 0 Å². The van der Waals surface area contributed by atoms with E-state index in [1.54, 1.807) is 32.9 Å². The highest BCUT2D eigenvalue weighted by Crippen LogP contribution is 2.38. The number of nitro groups is 1. The maximum absolute atomic E-state index is 11.3. The number of rotatable bonds is 4. The molecule has 21 heavy (non-hydrogen) atoms. The minimum atomic E-state index is -1.04. The Morgan fingerprint density at radius 1 is 1.38 bits per heavy atom. The molecule has 1 aromatic heterocycles. The van der Waals surface area contributed by atoms with Gasteiger partial charge in [0.1, 0.15) is 4.75 Å². The number of hydrogen-bond acceptors (Lipinski definition) is 5. The number of pyridine rings is 1. The maximum atomic E-state index is 11.3. The molecule has 6 nitrogen and oxygen atoms in total. The molecule has 0 fully saturated rings. The number of carboxylic acid groups (broad SMARTS) is 1. The van der Waals surface area contributed by atoms with Gasteiger partial charge in [0.2, 0.25) is 0 Å². The molecule has 2 aromatic rings. The van der Waals surface area contributed by atoms with Crippen molar-refractivity contribution in [3.8, 4) is 0 Å². The van der Waals surface area contributed by atoms with Gasteiger partial charge in [-0.25, -0.2) is 0 Å². The lowest BCUT2D eigenvalue weighted by molar-refractivity contribution is -0.384. The SMILES string of the molecule is Cc1cc(SC(C)(C)C(=O)O)c2cc([N+](=O)[O-])ccc2n1. The van der Waals surface area contributed by atoms with Crippen molar-refractivity contribution < 1.29 is 14.8 Å². The number of aromatic nitrogens is 1. The zero-order chi connectivity index (χ0) is 15.8. The zero-order valence-electron chi connectivity index (χ0n) is 11.8. The molecular weight excluding hydrogens is 292 g/mol. The average molecular weight is 306 g/mol. The molecule has 0 aliphatic heterocycles. The van der Waals surface area contributed by atoms with Gasteiger partial charge < -0.3 is 5.11 Å². The third-order valence-electron chi connectivity index (χ3n) is 2.97. The van der Waals surface area contributed by atoms with Crippen LogP contribution in [0.3, 0.4) is 0 Å². The normalized spacial score (nSPS) is 11.6. The highest BCUT2D eigenvalue weighted by Gasteiger charge is 2.29. The summed E-state index contributed by atoms with van der Waals surface area (Å²) in [6.45, 7) is 5.00. The van der Waals surface area contributed by atoms with Crippen molar-refractivity contribution in [2.24, 2.45) is 0 Å². The molecule has 0 unspecified atom stereocenters. The standard InChI is InChI=1S/C14H14N2O4S/c1-8-6-12(21-14(2,3)13(17)18)10-7-9(16(19)20)4-5-11(10)15-8/h4-7H,1-3H3,(H,17,18). The zero-order valence-corrected chi connectivity index (χ0v) is 12.6. The number of nitrogens with zero attached hydrogens (tertiary/aromatic N) is 2. The Morgan fingerprint density at radius 2 is 2.05 bits per heavy atom. The van der Waals surface area contributed by atoms with Gasteiger partial charge in [0.15, 0.2) is 0 Å². The Bertz CT molecular complexity index is 743. The molecule has 0 atom stereocenters. The van der Waals surface area contributed by atoms with E-state index in [-0.39, 0.29) is 5.69 Å².